The number of ether oxygens (including phenoxy) is 1. The zero-order valence-electron chi connectivity index (χ0n) is 14.7. The number of amides is 1. The Morgan fingerprint density at radius 1 is 1.20 bits per heavy atom. The fourth-order valence-corrected chi connectivity index (χ4v) is 3.07. The summed E-state index contributed by atoms with van der Waals surface area (Å²) in [5, 5.41) is 2.84. The lowest BCUT2D eigenvalue weighted by molar-refractivity contribution is -0.114. The van der Waals surface area contributed by atoms with E-state index in [1.807, 2.05) is 30.5 Å². The van der Waals surface area contributed by atoms with Crippen LogP contribution in [0.25, 0.3) is 0 Å². The highest BCUT2D eigenvalue weighted by Crippen LogP contribution is 2.21. The van der Waals surface area contributed by atoms with E-state index in [2.05, 4.69) is 26.2 Å². The van der Waals surface area contributed by atoms with Crippen LogP contribution in [0.5, 0.6) is 5.75 Å². The third-order valence-corrected chi connectivity index (χ3v) is 4.33. The molecule has 1 fully saturated rings. The van der Waals surface area contributed by atoms with Gasteiger partial charge in [-0.3, -0.25) is 14.7 Å². The number of carbonyl (C=O) groups excluding carboxylic acids is 1. The van der Waals surface area contributed by atoms with Crippen molar-refractivity contribution in [2.24, 2.45) is 0 Å². The standard InChI is InChI=1S/C19H24N4O2/c1-15(24)21-17-5-3-4-16(10-17)14-22-6-8-23(9-7-22)18-11-19(25-2)13-20-12-18/h3-5,10-13H,6-9,14H2,1-2H3,(H,21,24). The maximum atomic E-state index is 11.2. The number of hydrogen-bond acceptors (Lipinski definition) is 5. The van der Waals surface area contributed by atoms with Crippen molar-refractivity contribution in [3.63, 3.8) is 0 Å². The van der Waals surface area contributed by atoms with E-state index in [1.165, 1.54) is 12.5 Å². The molecule has 1 aliphatic rings. The van der Waals surface area contributed by atoms with Crippen molar-refractivity contribution < 1.29 is 9.53 Å². The Kier molecular flexibility index (Phi) is 5.50. The summed E-state index contributed by atoms with van der Waals surface area (Å²) in [6.07, 6.45) is 3.61. The van der Waals surface area contributed by atoms with E-state index in [0.29, 0.717) is 0 Å². The highest BCUT2D eigenvalue weighted by atomic mass is 16.5. The fraction of sp³-hybridized carbons (Fsp3) is 0.368. The van der Waals surface area contributed by atoms with Gasteiger partial charge in [-0.2, -0.15) is 0 Å². The highest BCUT2D eigenvalue weighted by molar-refractivity contribution is 5.88. The van der Waals surface area contributed by atoms with Crippen LogP contribution < -0.4 is 15.0 Å². The molecule has 1 aromatic carbocycles. The maximum Gasteiger partial charge on any atom is 0.221 e. The molecule has 2 heterocycles. The highest BCUT2D eigenvalue weighted by Gasteiger charge is 2.18. The maximum absolute atomic E-state index is 11.2. The number of carbonyl (C=O) groups is 1. The summed E-state index contributed by atoms with van der Waals surface area (Å²) in [5.74, 6) is 0.743. The molecule has 2 aromatic rings. The Labute approximate surface area is 148 Å². The number of nitrogens with zero attached hydrogens (tertiary/aromatic N) is 3. The third kappa shape index (κ3) is 4.70. The van der Waals surface area contributed by atoms with Gasteiger partial charge >= 0.3 is 0 Å². The van der Waals surface area contributed by atoms with E-state index in [4.69, 9.17) is 4.74 Å². The first-order chi connectivity index (χ1) is 12.1. The summed E-state index contributed by atoms with van der Waals surface area (Å²) in [6, 6.07) is 10.1. The van der Waals surface area contributed by atoms with Crippen LogP contribution in [0.4, 0.5) is 11.4 Å². The summed E-state index contributed by atoms with van der Waals surface area (Å²) >= 11 is 0. The molecule has 132 valence electrons. The quantitative estimate of drug-likeness (QED) is 0.906. The summed E-state index contributed by atoms with van der Waals surface area (Å²) in [7, 11) is 1.66. The van der Waals surface area contributed by atoms with Gasteiger partial charge in [-0.05, 0) is 17.7 Å². The molecular weight excluding hydrogens is 316 g/mol. The van der Waals surface area contributed by atoms with Gasteiger partial charge in [0, 0.05) is 51.4 Å². The second-order valence-corrected chi connectivity index (χ2v) is 6.23. The van der Waals surface area contributed by atoms with E-state index in [9.17, 15) is 4.79 Å². The fourth-order valence-electron chi connectivity index (χ4n) is 3.07. The molecule has 1 saturated heterocycles. The molecule has 3 rings (SSSR count). The van der Waals surface area contributed by atoms with Crippen LogP contribution in [0, 0.1) is 0 Å². The summed E-state index contributed by atoms with van der Waals surface area (Å²) in [5.41, 5.74) is 3.17. The van der Waals surface area contributed by atoms with Gasteiger partial charge in [0.1, 0.15) is 5.75 Å². The minimum absolute atomic E-state index is 0.0438. The lowest BCUT2D eigenvalue weighted by Gasteiger charge is -2.36. The van der Waals surface area contributed by atoms with Crippen LogP contribution in [0.3, 0.4) is 0 Å². The number of anilines is 2. The molecule has 0 spiro atoms. The van der Waals surface area contributed by atoms with Gasteiger partial charge in [0.15, 0.2) is 0 Å². The van der Waals surface area contributed by atoms with Crippen molar-refractivity contribution in [2.75, 3.05) is 43.5 Å². The second-order valence-electron chi connectivity index (χ2n) is 6.23. The van der Waals surface area contributed by atoms with Gasteiger partial charge in [0.05, 0.1) is 25.2 Å². The molecule has 1 aromatic heterocycles. The molecule has 0 aliphatic carbocycles. The van der Waals surface area contributed by atoms with E-state index in [-0.39, 0.29) is 5.91 Å². The minimum atomic E-state index is -0.0438. The Balaban J connectivity index is 1.56. The molecule has 1 N–H and O–H groups in total. The smallest absolute Gasteiger partial charge is 0.221 e. The van der Waals surface area contributed by atoms with Crippen LogP contribution in [0.15, 0.2) is 42.7 Å². The van der Waals surface area contributed by atoms with Crippen LogP contribution in [0.1, 0.15) is 12.5 Å². The summed E-state index contributed by atoms with van der Waals surface area (Å²) < 4.78 is 5.25. The molecule has 0 radical (unpaired) electrons. The monoisotopic (exact) mass is 340 g/mol. The molecule has 6 nitrogen and oxygen atoms in total. The largest absolute Gasteiger partial charge is 0.495 e. The third-order valence-electron chi connectivity index (χ3n) is 4.33. The SMILES string of the molecule is COc1cncc(N2CCN(Cc3cccc(NC(C)=O)c3)CC2)c1. The molecule has 0 bridgehead atoms. The minimum Gasteiger partial charge on any atom is -0.495 e. The summed E-state index contributed by atoms with van der Waals surface area (Å²) in [4.78, 5) is 20.2. The Morgan fingerprint density at radius 3 is 2.72 bits per heavy atom. The first kappa shape index (κ1) is 17.2. The molecule has 1 amide bonds. The number of methoxy groups -OCH3 is 1. The number of pyridine rings is 1. The Morgan fingerprint density at radius 2 is 2.00 bits per heavy atom. The van der Waals surface area contributed by atoms with Gasteiger partial charge < -0.3 is 15.0 Å². The van der Waals surface area contributed by atoms with Crippen molar-refractivity contribution in [3.8, 4) is 5.75 Å². The number of nitrogens with one attached hydrogen (secondary N) is 1. The molecular formula is C19H24N4O2. The van der Waals surface area contributed by atoms with E-state index in [0.717, 1.165) is 49.8 Å². The van der Waals surface area contributed by atoms with Crippen LogP contribution in [-0.2, 0) is 11.3 Å². The van der Waals surface area contributed by atoms with Gasteiger partial charge in [-0.25, -0.2) is 0 Å². The normalized spacial score (nSPS) is 15.0. The van der Waals surface area contributed by atoms with Crippen molar-refractivity contribution >= 4 is 17.3 Å². The molecule has 1 aliphatic heterocycles. The zero-order valence-corrected chi connectivity index (χ0v) is 14.7. The van der Waals surface area contributed by atoms with Gasteiger partial charge in [0.2, 0.25) is 5.91 Å². The van der Waals surface area contributed by atoms with Gasteiger partial charge in [-0.15, -0.1) is 0 Å². The topological polar surface area (TPSA) is 57.7 Å². The molecule has 0 unspecified atom stereocenters. The number of benzene rings is 1. The molecule has 6 heteroatoms. The lowest BCUT2D eigenvalue weighted by atomic mass is 10.1. The number of aromatic nitrogens is 1. The zero-order chi connectivity index (χ0) is 17.6. The average molecular weight is 340 g/mol. The molecule has 0 saturated carbocycles. The predicted octanol–water partition coefficient (Wildman–Crippen LogP) is 2.37. The number of rotatable bonds is 5. The first-order valence-electron chi connectivity index (χ1n) is 8.47. The average Bonchev–Trinajstić information content (AvgIpc) is 2.62. The van der Waals surface area contributed by atoms with Crippen LogP contribution >= 0.6 is 0 Å². The number of hydrogen-bond donors (Lipinski definition) is 1. The Bertz CT molecular complexity index is 727. The lowest BCUT2D eigenvalue weighted by Crippen LogP contribution is -2.46. The van der Waals surface area contributed by atoms with Crippen molar-refractivity contribution in [2.45, 2.75) is 13.5 Å². The van der Waals surface area contributed by atoms with Crippen LogP contribution in [-0.4, -0.2) is 49.1 Å². The van der Waals surface area contributed by atoms with Crippen molar-refractivity contribution in [1.29, 1.82) is 0 Å². The van der Waals surface area contributed by atoms with E-state index in [1.54, 1.807) is 13.3 Å². The first-order valence-corrected chi connectivity index (χ1v) is 8.47. The Hall–Kier alpha value is -2.60. The number of piperazine rings is 1. The van der Waals surface area contributed by atoms with Gasteiger partial charge in [0.25, 0.3) is 0 Å². The van der Waals surface area contributed by atoms with Crippen molar-refractivity contribution in [1.82, 2.24) is 9.88 Å². The molecule has 25 heavy (non-hydrogen) atoms. The van der Waals surface area contributed by atoms with Crippen molar-refractivity contribution in [3.05, 3.63) is 48.3 Å². The van der Waals surface area contributed by atoms with E-state index >= 15 is 0 Å². The molecule has 0 atom stereocenters. The van der Waals surface area contributed by atoms with E-state index < -0.39 is 0 Å². The summed E-state index contributed by atoms with van der Waals surface area (Å²) in [6.45, 7) is 6.31. The second kappa shape index (κ2) is 7.98. The van der Waals surface area contributed by atoms with Crippen LogP contribution in [0.2, 0.25) is 0 Å². The van der Waals surface area contributed by atoms with Gasteiger partial charge in [-0.1, -0.05) is 12.1 Å². The predicted molar refractivity (Wildman–Crippen MR) is 99.0 cm³/mol.